The van der Waals surface area contributed by atoms with Gasteiger partial charge in [0.15, 0.2) is 0 Å². The second-order valence-electron chi connectivity index (χ2n) is 9.63. The molecule has 0 fully saturated rings. The zero-order valence-electron chi connectivity index (χ0n) is 22.6. The Labute approximate surface area is 215 Å². The quantitative estimate of drug-likeness (QED) is 0.150. The Morgan fingerprint density at radius 1 is 0.829 bits per heavy atom. The van der Waals surface area contributed by atoms with E-state index >= 15 is 0 Å². The molecule has 0 aromatic heterocycles. The van der Waals surface area contributed by atoms with Gasteiger partial charge < -0.3 is 19.3 Å². The molecule has 1 aromatic rings. The molecule has 200 valence electrons. The van der Waals surface area contributed by atoms with E-state index in [1.807, 2.05) is 6.07 Å². The molecule has 1 unspecified atom stereocenters. The highest BCUT2D eigenvalue weighted by molar-refractivity contribution is 5.42. The number of methoxy groups -OCH3 is 1. The molecule has 1 rings (SSSR count). The van der Waals surface area contributed by atoms with E-state index in [1.54, 1.807) is 19.2 Å². The van der Waals surface area contributed by atoms with Gasteiger partial charge in [0.2, 0.25) is 0 Å². The van der Waals surface area contributed by atoms with Crippen molar-refractivity contribution in [3.05, 3.63) is 29.3 Å². The number of nitrogens with zero attached hydrogens (tertiary/aromatic N) is 1. The monoisotopic (exact) mass is 489 g/mol. The van der Waals surface area contributed by atoms with Crippen LogP contribution in [0, 0.1) is 11.3 Å². The second kappa shape index (κ2) is 22.8. The van der Waals surface area contributed by atoms with Gasteiger partial charge in [0.05, 0.1) is 38.6 Å². The largest absolute Gasteiger partial charge is 0.496 e. The first-order valence-electron chi connectivity index (χ1n) is 14.1. The Kier molecular flexibility index (Phi) is 20.5. The van der Waals surface area contributed by atoms with Gasteiger partial charge in [-0.1, -0.05) is 109 Å². The van der Waals surface area contributed by atoms with Crippen molar-refractivity contribution in [3.8, 4) is 11.8 Å². The highest BCUT2D eigenvalue weighted by atomic mass is 16.5. The standard InChI is InChI=1S/C30H51NO4/c1-3-4-5-6-7-8-9-10-11-12-13-14-15-16-17-18-21-34-26-29(24-32)35-25-28-20-19-27(23-31)22-30(28)33-2/h19-20,22,29,32H,3-18,21,24-26H2,1-2H3. The summed E-state index contributed by atoms with van der Waals surface area (Å²) in [5.74, 6) is 0.620. The van der Waals surface area contributed by atoms with Crippen LogP contribution in [0.5, 0.6) is 5.75 Å². The number of unbranched alkanes of at least 4 members (excludes halogenated alkanes) is 15. The van der Waals surface area contributed by atoms with Crippen LogP contribution >= 0.6 is 0 Å². The fourth-order valence-electron chi connectivity index (χ4n) is 4.26. The highest BCUT2D eigenvalue weighted by Gasteiger charge is 2.11. The molecule has 1 N–H and O–H groups in total. The van der Waals surface area contributed by atoms with Gasteiger partial charge in [-0.15, -0.1) is 0 Å². The fourth-order valence-corrected chi connectivity index (χ4v) is 4.26. The third-order valence-corrected chi connectivity index (χ3v) is 6.54. The number of aliphatic hydroxyl groups is 1. The van der Waals surface area contributed by atoms with E-state index in [9.17, 15) is 5.11 Å². The van der Waals surface area contributed by atoms with E-state index in [0.717, 1.165) is 12.0 Å². The van der Waals surface area contributed by atoms with Gasteiger partial charge in [-0.25, -0.2) is 0 Å². The van der Waals surface area contributed by atoms with Crippen LogP contribution in [0.3, 0.4) is 0 Å². The van der Waals surface area contributed by atoms with Crippen molar-refractivity contribution >= 4 is 0 Å². The summed E-state index contributed by atoms with van der Waals surface area (Å²) >= 11 is 0. The molecule has 0 amide bonds. The topological polar surface area (TPSA) is 71.7 Å². The third kappa shape index (κ3) is 16.6. The molecule has 0 saturated carbocycles. The number of benzene rings is 1. The van der Waals surface area contributed by atoms with Gasteiger partial charge in [0.25, 0.3) is 0 Å². The van der Waals surface area contributed by atoms with Crippen LogP contribution in [0.15, 0.2) is 18.2 Å². The Bertz CT molecular complexity index is 658. The number of nitriles is 1. The van der Waals surface area contributed by atoms with Crippen molar-refractivity contribution in [3.63, 3.8) is 0 Å². The molecule has 0 radical (unpaired) electrons. The van der Waals surface area contributed by atoms with E-state index in [2.05, 4.69) is 13.0 Å². The maximum absolute atomic E-state index is 9.58. The predicted octanol–water partition coefficient (Wildman–Crippen LogP) is 7.72. The lowest BCUT2D eigenvalue weighted by atomic mass is 10.0. The number of aliphatic hydroxyl groups excluding tert-OH is 1. The summed E-state index contributed by atoms with van der Waals surface area (Å²) in [6.07, 6.45) is 21.4. The first-order valence-corrected chi connectivity index (χ1v) is 14.1. The van der Waals surface area contributed by atoms with Crippen LogP contribution in [0.25, 0.3) is 0 Å². The van der Waals surface area contributed by atoms with Crippen LogP contribution in [-0.2, 0) is 16.1 Å². The summed E-state index contributed by atoms with van der Waals surface area (Å²) in [5, 5.41) is 18.6. The summed E-state index contributed by atoms with van der Waals surface area (Å²) in [7, 11) is 1.57. The molecule has 0 aliphatic heterocycles. The van der Waals surface area contributed by atoms with Crippen LogP contribution in [0.1, 0.15) is 121 Å². The number of hydrogen-bond donors (Lipinski definition) is 1. The maximum Gasteiger partial charge on any atom is 0.125 e. The van der Waals surface area contributed by atoms with E-state index in [-0.39, 0.29) is 12.7 Å². The van der Waals surface area contributed by atoms with E-state index in [0.29, 0.717) is 31.1 Å². The number of ether oxygens (including phenoxy) is 3. The SMILES string of the molecule is CCCCCCCCCCCCCCCCCCOCC(CO)OCc1ccc(C#N)cc1OC. The Balaban J connectivity index is 1.93. The van der Waals surface area contributed by atoms with Gasteiger partial charge in [0, 0.05) is 12.2 Å². The van der Waals surface area contributed by atoms with Gasteiger partial charge in [-0.05, 0) is 18.6 Å². The van der Waals surface area contributed by atoms with Crippen molar-refractivity contribution in [1.29, 1.82) is 5.26 Å². The molecular weight excluding hydrogens is 438 g/mol. The van der Waals surface area contributed by atoms with Crippen molar-refractivity contribution < 1.29 is 19.3 Å². The smallest absolute Gasteiger partial charge is 0.125 e. The van der Waals surface area contributed by atoms with Crippen LogP contribution in [0.2, 0.25) is 0 Å². The van der Waals surface area contributed by atoms with Crippen LogP contribution in [-0.4, -0.2) is 38.1 Å². The van der Waals surface area contributed by atoms with Gasteiger partial charge in [0.1, 0.15) is 11.9 Å². The molecule has 5 heteroatoms. The van der Waals surface area contributed by atoms with Crippen molar-refractivity contribution in [2.75, 3.05) is 26.9 Å². The summed E-state index contributed by atoms with van der Waals surface area (Å²) in [6, 6.07) is 7.36. The lowest BCUT2D eigenvalue weighted by Gasteiger charge is -2.17. The normalized spacial score (nSPS) is 11.9. The lowest BCUT2D eigenvalue weighted by Crippen LogP contribution is -2.24. The van der Waals surface area contributed by atoms with Gasteiger partial charge >= 0.3 is 0 Å². The van der Waals surface area contributed by atoms with Crippen molar-refractivity contribution in [2.45, 2.75) is 122 Å². The minimum atomic E-state index is -0.364. The zero-order valence-corrected chi connectivity index (χ0v) is 22.6. The molecule has 1 atom stereocenters. The molecule has 0 aliphatic carbocycles. The molecule has 5 nitrogen and oxygen atoms in total. The van der Waals surface area contributed by atoms with Crippen LogP contribution in [0.4, 0.5) is 0 Å². The molecule has 1 aromatic carbocycles. The summed E-state index contributed by atoms with van der Waals surface area (Å²) in [5.41, 5.74) is 1.40. The molecule has 0 saturated heterocycles. The Morgan fingerprint density at radius 3 is 1.86 bits per heavy atom. The van der Waals surface area contributed by atoms with Crippen molar-refractivity contribution in [1.82, 2.24) is 0 Å². The summed E-state index contributed by atoms with van der Waals surface area (Å²) in [6.45, 7) is 3.59. The number of hydrogen-bond acceptors (Lipinski definition) is 5. The third-order valence-electron chi connectivity index (χ3n) is 6.54. The first kappa shape index (κ1) is 31.4. The lowest BCUT2D eigenvalue weighted by molar-refractivity contribution is -0.0506. The minimum Gasteiger partial charge on any atom is -0.496 e. The summed E-state index contributed by atoms with van der Waals surface area (Å²) in [4.78, 5) is 0. The number of rotatable bonds is 24. The molecule has 35 heavy (non-hydrogen) atoms. The average molecular weight is 490 g/mol. The van der Waals surface area contributed by atoms with Crippen LogP contribution < -0.4 is 4.74 Å². The molecular formula is C30H51NO4. The first-order chi connectivity index (χ1) is 17.2. The predicted molar refractivity (Wildman–Crippen MR) is 144 cm³/mol. The molecule has 0 aliphatic rings. The maximum atomic E-state index is 9.58. The minimum absolute atomic E-state index is 0.0858. The van der Waals surface area contributed by atoms with E-state index in [1.165, 1.54) is 96.3 Å². The van der Waals surface area contributed by atoms with E-state index in [4.69, 9.17) is 19.5 Å². The van der Waals surface area contributed by atoms with Gasteiger partial charge in [-0.2, -0.15) is 5.26 Å². The highest BCUT2D eigenvalue weighted by Crippen LogP contribution is 2.21. The molecule has 0 heterocycles. The summed E-state index contributed by atoms with van der Waals surface area (Å²) < 4.78 is 16.8. The van der Waals surface area contributed by atoms with E-state index < -0.39 is 0 Å². The van der Waals surface area contributed by atoms with Gasteiger partial charge in [-0.3, -0.25) is 0 Å². The Hall–Kier alpha value is -1.61. The molecule has 0 bridgehead atoms. The zero-order chi connectivity index (χ0) is 25.4. The van der Waals surface area contributed by atoms with Crippen molar-refractivity contribution in [2.24, 2.45) is 0 Å². The second-order valence-corrected chi connectivity index (χ2v) is 9.63. The molecule has 0 spiro atoms. The fraction of sp³-hybridized carbons (Fsp3) is 0.767. The average Bonchev–Trinajstić information content (AvgIpc) is 2.89. The Morgan fingerprint density at radius 2 is 1.37 bits per heavy atom.